The molecule has 2 heterocycles. The van der Waals surface area contributed by atoms with Crippen molar-refractivity contribution >= 4 is 17.3 Å². The van der Waals surface area contributed by atoms with Gasteiger partial charge in [0.15, 0.2) is 0 Å². The van der Waals surface area contributed by atoms with Gasteiger partial charge in [-0.3, -0.25) is 0 Å². The first-order valence-electron chi connectivity index (χ1n) is 8.28. The lowest BCUT2D eigenvalue weighted by Crippen LogP contribution is -2.36. The fourth-order valence-electron chi connectivity index (χ4n) is 2.86. The van der Waals surface area contributed by atoms with E-state index >= 15 is 0 Å². The molecule has 0 spiro atoms. The molecule has 3 aromatic rings. The minimum absolute atomic E-state index is 0.592. The van der Waals surface area contributed by atoms with Crippen LogP contribution in [0, 0.1) is 0 Å². The lowest BCUT2D eigenvalue weighted by atomic mass is 10.1. The molecule has 2 aromatic carbocycles. The lowest BCUT2D eigenvalue weighted by molar-refractivity contribution is 0.122. The molecule has 1 aliphatic heterocycles. The third kappa shape index (κ3) is 3.83. The lowest BCUT2D eigenvalue weighted by Gasteiger charge is -2.28. The van der Waals surface area contributed by atoms with Crippen LogP contribution in [-0.4, -0.2) is 36.4 Å². The van der Waals surface area contributed by atoms with E-state index in [0.717, 1.165) is 42.5 Å². The number of ether oxygens (including phenoxy) is 1. The first kappa shape index (κ1) is 16.1. The summed E-state index contributed by atoms with van der Waals surface area (Å²) in [5, 5.41) is 4.81. The van der Waals surface area contributed by atoms with Gasteiger partial charge < -0.3 is 14.2 Å². The molecule has 0 radical (unpaired) electrons. The zero-order valence-electron chi connectivity index (χ0n) is 13.7. The molecule has 1 aliphatic rings. The van der Waals surface area contributed by atoms with E-state index in [1.165, 1.54) is 5.69 Å². The molecule has 0 atom stereocenters. The van der Waals surface area contributed by atoms with Gasteiger partial charge in [-0.15, -0.1) is 0 Å². The summed E-state index contributed by atoms with van der Waals surface area (Å²) in [6, 6.07) is 15.9. The highest BCUT2D eigenvalue weighted by molar-refractivity contribution is 6.30. The van der Waals surface area contributed by atoms with Crippen LogP contribution in [0.3, 0.4) is 0 Å². The molecule has 0 saturated carbocycles. The molecule has 5 nitrogen and oxygen atoms in total. The van der Waals surface area contributed by atoms with Crippen LogP contribution < -0.4 is 4.90 Å². The van der Waals surface area contributed by atoms with Gasteiger partial charge in [0.05, 0.1) is 19.6 Å². The molecule has 0 N–H and O–H groups in total. The molecule has 6 heteroatoms. The van der Waals surface area contributed by atoms with E-state index in [2.05, 4.69) is 27.2 Å². The van der Waals surface area contributed by atoms with Crippen LogP contribution in [0.15, 0.2) is 53.1 Å². The number of halogens is 1. The maximum absolute atomic E-state index is 5.91. The van der Waals surface area contributed by atoms with Crippen molar-refractivity contribution in [3.63, 3.8) is 0 Å². The van der Waals surface area contributed by atoms with Gasteiger partial charge in [0, 0.05) is 29.4 Å². The molecule has 0 bridgehead atoms. The van der Waals surface area contributed by atoms with E-state index in [1.807, 2.05) is 36.4 Å². The van der Waals surface area contributed by atoms with Gasteiger partial charge in [-0.2, -0.15) is 4.98 Å². The van der Waals surface area contributed by atoms with Gasteiger partial charge in [-0.05, 0) is 42.0 Å². The number of hydrogen-bond acceptors (Lipinski definition) is 5. The summed E-state index contributed by atoms with van der Waals surface area (Å²) in [6.45, 7) is 3.40. The maximum atomic E-state index is 5.91. The minimum Gasteiger partial charge on any atom is -0.378 e. The highest BCUT2D eigenvalue weighted by Gasteiger charge is 2.13. The molecular weight excluding hydrogens is 338 g/mol. The summed E-state index contributed by atoms with van der Waals surface area (Å²) in [5.41, 5.74) is 3.22. The first-order chi connectivity index (χ1) is 12.3. The van der Waals surface area contributed by atoms with Crippen molar-refractivity contribution in [2.75, 3.05) is 31.2 Å². The van der Waals surface area contributed by atoms with Crippen molar-refractivity contribution < 1.29 is 9.26 Å². The van der Waals surface area contributed by atoms with E-state index in [0.29, 0.717) is 18.1 Å². The standard InChI is InChI=1S/C19H18ClN3O2/c20-16-5-1-14(2-6-16)13-18-21-19(22-25-18)15-3-7-17(8-4-15)23-9-11-24-12-10-23/h1-8H,9-13H2. The maximum Gasteiger partial charge on any atom is 0.231 e. The Labute approximate surface area is 151 Å². The fraction of sp³-hybridized carbons (Fsp3) is 0.263. The topological polar surface area (TPSA) is 51.4 Å². The Hall–Kier alpha value is -2.37. The van der Waals surface area contributed by atoms with Crippen molar-refractivity contribution in [2.45, 2.75) is 6.42 Å². The zero-order chi connectivity index (χ0) is 17.1. The predicted octanol–water partition coefficient (Wildman–Crippen LogP) is 3.82. The summed E-state index contributed by atoms with van der Waals surface area (Å²) in [5.74, 6) is 1.20. The van der Waals surface area contributed by atoms with Crippen LogP contribution >= 0.6 is 11.6 Å². The second-order valence-corrected chi connectivity index (χ2v) is 6.40. The largest absolute Gasteiger partial charge is 0.378 e. The van der Waals surface area contributed by atoms with Gasteiger partial charge in [0.25, 0.3) is 0 Å². The summed E-state index contributed by atoms with van der Waals surface area (Å²) in [4.78, 5) is 6.81. The molecule has 0 amide bonds. The molecule has 4 rings (SSSR count). The normalized spacial score (nSPS) is 14.7. The summed E-state index contributed by atoms with van der Waals surface area (Å²) in [6.07, 6.45) is 0.593. The smallest absolute Gasteiger partial charge is 0.231 e. The van der Waals surface area contributed by atoms with Gasteiger partial charge in [0.1, 0.15) is 0 Å². The van der Waals surface area contributed by atoms with Crippen molar-refractivity contribution in [3.05, 3.63) is 65.0 Å². The fourth-order valence-corrected chi connectivity index (χ4v) is 2.99. The van der Waals surface area contributed by atoms with Gasteiger partial charge in [0.2, 0.25) is 11.7 Å². The Morgan fingerprint density at radius 2 is 1.68 bits per heavy atom. The van der Waals surface area contributed by atoms with E-state index in [9.17, 15) is 0 Å². The molecular formula is C19H18ClN3O2. The molecule has 25 heavy (non-hydrogen) atoms. The van der Waals surface area contributed by atoms with Crippen molar-refractivity contribution in [3.8, 4) is 11.4 Å². The van der Waals surface area contributed by atoms with E-state index in [4.69, 9.17) is 20.9 Å². The summed E-state index contributed by atoms with van der Waals surface area (Å²) in [7, 11) is 0. The highest BCUT2D eigenvalue weighted by Crippen LogP contribution is 2.22. The molecule has 0 unspecified atom stereocenters. The van der Waals surface area contributed by atoms with Crippen molar-refractivity contribution in [1.82, 2.24) is 10.1 Å². The van der Waals surface area contributed by atoms with Crippen LogP contribution in [0.1, 0.15) is 11.5 Å². The second-order valence-electron chi connectivity index (χ2n) is 5.96. The van der Waals surface area contributed by atoms with Crippen LogP contribution in [-0.2, 0) is 11.2 Å². The van der Waals surface area contributed by atoms with Crippen molar-refractivity contribution in [1.29, 1.82) is 0 Å². The quantitative estimate of drug-likeness (QED) is 0.712. The number of anilines is 1. The van der Waals surface area contributed by atoms with E-state index in [-0.39, 0.29) is 0 Å². The number of hydrogen-bond donors (Lipinski definition) is 0. The molecule has 0 aliphatic carbocycles. The Kier molecular flexibility index (Phi) is 4.68. The molecule has 1 aromatic heterocycles. The second kappa shape index (κ2) is 7.25. The van der Waals surface area contributed by atoms with E-state index in [1.54, 1.807) is 0 Å². The zero-order valence-corrected chi connectivity index (χ0v) is 14.4. The summed E-state index contributed by atoms with van der Waals surface area (Å²) >= 11 is 5.91. The van der Waals surface area contributed by atoms with Crippen LogP contribution in [0.25, 0.3) is 11.4 Å². The van der Waals surface area contributed by atoms with Crippen molar-refractivity contribution in [2.24, 2.45) is 0 Å². The molecule has 1 saturated heterocycles. The number of rotatable bonds is 4. The number of morpholine rings is 1. The average molecular weight is 356 g/mol. The monoisotopic (exact) mass is 355 g/mol. The van der Waals surface area contributed by atoms with Crippen LogP contribution in [0.5, 0.6) is 0 Å². The van der Waals surface area contributed by atoms with Gasteiger partial charge in [-0.1, -0.05) is 28.9 Å². The van der Waals surface area contributed by atoms with Gasteiger partial charge >= 0.3 is 0 Å². The Balaban J connectivity index is 1.46. The molecule has 128 valence electrons. The third-order valence-corrected chi connectivity index (χ3v) is 4.49. The Morgan fingerprint density at radius 3 is 2.40 bits per heavy atom. The predicted molar refractivity (Wildman–Crippen MR) is 97.0 cm³/mol. The number of nitrogens with zero attached hydrogens (tertiary/aromatic N) is 3. The Bertz CT molecular complexity index is 825. The summed E-state index contributed by atoms with van der Waals surface area (Å²) < 4.78 is 10.8. The highest BCUT2D eigenvalue weighted by atomic mass is 35.5. The Morgan fingerprint density at radius 1 is 0.960 bits per heavy atom. The number of aromatic nitrogens is 2. The molecule has 1 fully saturated rings. The SMILES string of the molecule is Clc1ccc(Cc2nc(-c3ccc(N4CCOCC4)cc3)no2)cc1. The minimum atomic E-state index is 0.592. The number of benzene rings is 2. The first-order valence-corrected chi connectivity index (χ1v) is 8.66. The van der Waals surface area contributed by atoms with Gasteiger partial charge in [-0.25, -0.2) is 0 Å². The third-order valence-electron chi connectivity index (χ3n) is 4.24. The van der Waals surface area contributed by atoms with E-state index < -0.39 is 0 Å². The van der Waals surface area contributed by atoms with Crippen LogP contribution in [0.4, 0.5) is 5.69 Å². The average Bonchev–Trinajstić information content (AvgIpc) is 3.13. The van der Waals surface area contributed by atoms with Crippen LogP contribution in [0.2, 0.25) is 5.02 Å².